The summed E-state index contributed by atoms with van der Waals surface area (Å²) in [6.45, 7) is 5.97. The molecule has 0 aliphatic heterocycles. The number of carbonyl (C=O) groups excluding carboxylic acids is 1. The van der Waals surface area contributed by atoms with Crippen molar-refractivity contribution in [2.24, 2.45) is 11.8 Å². The monoisotopic (exact) mass is 184 g/mol. The lowest BCUT2D eigenvalue weighted by Gasteiger charge is -2.27. The second-order valence-electron chi connectivity index (χ2n) is 4.35. The minimum absolute atomic E-state index is 0.0159. The van der Waals surface area contributed by atoms with Crippen LogP contribution in [-0.4, -0.2) is 12.1 Å². The maximum Gasteiger partial charge on any atom is 0.309 e. The van der Waals surface area contributed by atoms with Crippen LogP contribution in [0.5, 0.6) is 0 Å². The summed E-state index contributed by atoms with van der Waals surface area (Å²) in [5, 5.41) is 0. The second-order valence-corrected chi connectivity index (χ2v) is 4.35. The summed E-state index contributed by atoms with van der Waals surface area (Å²) in [7, 11) is 0. The van der Waals surface area contributed by atoms with Crippen molar-refractivity contribution >= 4 is 5.97 Å². The van der Waals surface area contributed by atoms with Gasteiger partial charge in [-0.3, -0.25) is 4.79 Å². The van der Waals surface area contributed by atoms with Crippen molar-refractivity contribution < 1.29 is 9.53 Å². The molecule has 0 heterocycles. The van der Waals surface area contributed by atoms with Crippen LogP contribution in [0.15, 0.2) is 0 Å². The molecule has 2 atom stereocenters. The van der Waals surface area contributed by atoms with E-state index in [4.69, 9.17) is 4.74 Å². The van der Waals surface area contributed by atoms with Crippen LogP contribution in [-0.2, 0) is 9.53 Å². The molecule has 76 valence electrons. The molecule has 1 fully saturated rings. The Morgan fingerprint density at radius 3 is 2.46 bits per heavy atom. The van der Waals surface area contributed by atoms with E-state index < -0.39 is 0 Å². The molecule has 0 aromatic rings. The summed E-state index contributed by atoms with van der Waals surface area (Å²) in [6, 6.07) is 0. The fourth-order valence-corrected chi connectivity index (χ4v) is 1.99. The Morgan fingerprint density at radius 1 is 1.31 bits per heavy atom. The van der Waals surface area contributed by atoms with Gasteiger partial charge in [-0.1, -0.05) is 19.8 Å². The third-order valence-corrected chi connectivity index (χ3v) is 2.77. The first-order chi connectivity index (χ1) is 6.11. The van der Waals surface area contributed by atoms with Gasteiger partial charge in [0.25, 0.3) is 0 Å². The molecule has 0 spiro atoms. The lowest BCUT2D eigenvalue weighted by molar-refractivity contribution is -0.155. The van der Waals surface area contributed by atoms with Crippen LogP contribution in [0.4, 0.5) is 0 Å². The van der Waals surface area contributed by atoms with Gasteiger partial charge in [-0.05, 0) is 32.6 Å². The van der Waals surface area contributed by atoms with Crippen molar-refractivity contribution in [1.82, 2.24) is 0 Å². The summed E-state index contributed by atoms with van der Waals surface area (Å²) < 4.78 is 5.22. The van der Waals surface area contributed by atoms with E-state index >= 15 is 0 Å². The van der Waals surface area contributed by atoms with E-state index in [1.54, 1.807) is 0 Å². The van der Waals surface area contributed by atoms with Crippen molar-refractivity contribution in [3.63, 3.8) is 0 Å². The first-order valence-electron chi connectivity index (χ1n) is 5.31. The maximum absolute atomic E-state index is 11.6. The quantitative estimate of drug-likeness (QED) is 0.617. The lowest BCUT2D eigenvalue weighted by atomic mass is 9.80. The highest BCUT2D eigenvalue weighted by Gasteiger charge is 2.29. The fraction of sp³-hybridized carbons (Fsp3) is 0.909. The Morgan fingerprint density at radius 2 is 1.92 bits per heavy atom. The summed E-state index contributed by atoms with van der Waals surface area (Å²) in [6.07, 6.45) is 4.68. The minimum atomic E-state index is 0.0159. The maximum atomic E-state index is 11.6. The summed E-state index contributed by atoms with van der Waals surface area (Å²) >= 11 is 0. The molecule has 2 nitrogen and oxygen atoms in total. The van der Waals surface area contributed by atoms with Crippen LogP contribution in [0, 0.1) is 11.8 Å². The van der Waals surface area contributed by atoms with Crippen molar-refractivity contribution in [3.8, 4) is 0 Å². The predicted molar refractivity (Wildman–Crippen MR) is 52.4 cm³/mol. The smallest absolute Gasteiger partial charge is 0.309 e. The zero-order valence-electron chi connectivity index (χ0n) is 8.88. The van der Waals surface area contributed by atoms with Crippen LogP contribution in [0.25, 0.3) is 0 Å². The van der Waals surface area contributed by atoms with Gasteiger partial charge in [0.15, 0.2) is 0 Å². The van der Waals surface area contributed by atoms with Gasteiger partial charge in [-0.25, -0.2) is 0 Å². The first kappa shape index (κ1) is 10.6. The fourth-order valence-electron chi connectivity index (χ4n) is 1.99. The van der Waals surface area contributed by atoms with Crippen LogP contribution in [0.1, 0.15) is 46.5 Å². The molecule has 1 saturated carbocycles. The van der Waals surface area contributed by atoms with Gasteiger partial charge in [0.1, 0.15) is 0 Å². The molecule has 2 heteroatoms. The van der Waals surface area contributed by atoms with Crippen molar-refractivity contribution in [2.75, 3.05) is 0 Å². The molecule has 0 N–H and O–H groups in total. The number of rotatable bonds is 2. The van der Waals surface area contributed by atoms with Crippen LogP contribution < -0.4 is 0 Å². The molecular formula is C11H20O2. The average Bonchev–Trinajstić information content (AvgIpc) is 2.03. The van der Waals surface area contributed by atoms with E-state index in [-0.39, 0.29) is 18.0 Å². The third-order valence-electron chi connectivity index (χ3n) is 2.77. The van der Waals surface area contributed by atoms with Gasteiger partial charge in [-0.2, -0.15) is 0 Å². The zero-order chi connectivity index (χ0) is 9.84. The summed E-state index contributed by atoms with van der Waals surface area (Å²) in [5.74, 6) is 0.693. The molecule has 0 aromatic heterocycles. The van der Waals surface area contributed by atoms with Crippen LogP contribution in [0.2, 0.25) is 0 Å². The number of hydrogen-bond donors (Lipinski definition) is 0. The van der Waals surface area contributed by atoms with Gasteiger partial charge in [0, 0.05) is 0 Å². The van der Waals surface area contributed by atoms with Gasteiger partial charge < -0.3 is 4.74 Å². The van der Waals surface area contributed by atoms with Gasteiger partial charge in [-0.15, -0.1) is 0 Å². The van der Waals surface area contributed by atoms with Gasteiger partial charge in [0.05, 0.1) is 12.0 Å². The number of esters is 1. The molecular weight excluding hydrogens is 164 g/mol. The average molecular weight is 184 g/mol. The molecule has 0 saturated heterocycles. The van der Waals surface area contributed by atoms with E-state index in [0.717, 1.165) is 6.42 Å². The second kappa shape index (κ2) is 4.64. The highest BCUT2D eigenvalue weighted by molar-refractivity contribution is 5.73. The molecule has 0 amide bonds. The van der Waals surface area contributed by atoms with E-state index in [1.165, 1.54) is 19.3 Å². The molecule has 0 bridgehead atoms. The topological polar surface area (TPSA) is 26.3 Å². The molecule has 1 aliphatic carbocycles. The Labute approximate surface area is 80.7 Å². The summed E-state index contributed by atoms with van der Waals surface area (Å²) in [4.78, 5) is 11.6. The lowest BCUT2D eigenvalue weighted by Crippen LogP contribution is -2.28. The Kier molecular flexibility index (Phi) is 3.76. The number of hydrogen-bond acceptors (Lipinski definition) is 2. The summed E-state index contributed by atoms with van der Waals surface area (Å²) in [5.41, 5.74) is 0. The minimum Gasteiger partial charge on any atom is -0.463 e. The molecule has 1 aliphatic rings. The van der Waals surface area contributed by atoms with E-state index in [1.807, 2.05) is 13.8 Å². The van der Waals surface area contributed by atoms with Crippen LogP contribution >= 0.6 is 0 Å². The van der Waals surface area contributed by atoms with E-state index in [2.05, 4.69) is 6.92 Å². The Bertz CT molecular complexity index is 175. The standard InChI is InChI=1S/C11H20O2/c1-8(2)13-11(12)10-7-5-4-6-9(10)3/h8-10H,4-7H2,1-3H3. The Balaban J connectivity index is 2.44. The predicted octanol–water partition coefficient (Wildman–Crippen LogP) is 2.76. The zero-order valence-corrected chi connectivity index (χ0v) is 8.88. The molecule has 1 rings (SSSR count). The largest absolute Gasteiger partial charge is 0.463 e. The number of carbonyl (C=O) groups is 1. The highest BCUT2D eigenvalue weighted by atomic mass is 16.5. The Hall–Kier alpha value is -0.530. The number of ether oxygens (including phenoxy) is 1. The van der Waals surface area contributed by atoms with Gasteiger partial charge >= 0.3 is 5.97 Å². The van der Waals surface area contributed by atoms with E-state index in [9.17, 15) is 4.79 Å². The molecule has 2 unspecified atom stereocenters. The highest BCUT2D eigenvalue weighted by Crippen LogP contribution is 2.30. The van der Waals surface area contributed by atoms with Crippen molar-refractivity contribution in [2.45, 2.75) is 52.6 Å². The SMILES string of the molecule is CC(C)OC(=O)C1CCCCC1C. The normalized spacial score (nSPS) is 28.9. The molecule has 13 heavy (non-hydrogen) atoms. The van der Waals surface area contributed by atoms with Crippen molar-refractivity contribution in [3.05, 3.63) is 0 Å². The third kappa shape index (κ3) is 3.02. The van der Waals surface area contributed by atoms with Crippen LogP contribution in [0.3, 0.4) is 0 Å². The first-order valence-corrected chi connectivity index (χ1v) is 5.31. The van der Waals surface area contributed by atoms with Crippen molar-refractivity contribution in [1.29, 1.82) is 0 Å². The van der Waals surface area contributed by atoms with Gasteiger partial charge in [0.2, 0.25) is 0 Å². The van der Waals surface area contributed by atoms with E-state index in [0.29, 0.717) is 5.92 Å². The molecule has 0 aromatic carbocycles. The molecule has 0 radical (unpaired) electrons.